The zero-order valence-corrected chi connectivity index (χ0v) is 17.0. The quantitative estimate of drug-likeness (QED) is 0.421. The van der Waals surface area contributed by atoms with E-state index < -0.39 is 0 Å². The molecule has 0 spiro atoms. The highest BCUT2D eigenvalue weighted by Gasteiger charge is 2.03. The summed E-state index contributed by atoms with van der Waals surface area (Å²) in [4.78, 5) is 0. The molecule has 0 aliphatic carbocycles. The maximum Gasteiger partial charge on any atom is 0.0991 e. The van der Waals surface area contributed by atoms with Gasteiger partial charge in [0.05, 0.1) is 11.6 Å². The minimum absolute atomic E-state index is 0.721. The normalized spacial score (nSPS) is 11.8. The van der Waals surface area contributed by atoms with Crippen LogP contribution >= 0.6 is 0 Å². The van der Waals surface area contributed by atoms with Crippen LogP contribution in [0.1, 0.15) is 48.9 Å². The van der Waals surface area contributed by atoms with Gasteiger partial charge in [0.25, 0.3) is 0 Å². The molecule has 3 rings (SSSR count). The third kappa shape index (κ3) is 5.57. The molecule has 142 valence electrons. The third-order valence-electron chi connectivity index (χ3n) is 5.65. The minimum atomic E-state index is 0.721. The van der Waals surface area contributed by atoms with E-state index in [-0.39, 0.29) is 0 Å². The number of hydrogen-bond donors (Lipinski definition) is 0. The molecule has 0 radical (unpaired) electrons. The van der Waals surface area contributed by atoms with Gasteiger partial charge in [0.2, 0.25) is 0 Å². The van der Waals surface area contributed by atoms with Crippen LogP contribution in [0.5, 0.6) is 0 Å². The van der Waals surface area contributed by atoms with Gasteiger partial charge in [0, 0.05) is 0 Å². The smallest absolute Gasteiger partial charge is 0.0991 e. The SMILES string of the molecule is CC[C@@H](C)CCc1ccc(-c2ccc(CCc3ccc(C#N)cc3)cc2)cc1. The van der Waals surface area contributed by atoms with E-state index in [4.69, 9.17) is 5.26 Å². The summed E-state index contributed by atoms with van der Waals surface area (Å²) in [6.07, 6.45) is 5.71. The van der Waals surface area contributed by atoms with Crippen LogP contribution in [-0.4, -0.2) is 0 Å². The molecule has 0 bridgehead atoms. The van der Waals surface area contributed by atoms with Gasteiger partial charge in [-0.05, 0) is 71.6 Å². The Balaban J connectivity index is 1.56. The molecule has 0 saturated carbocycles. The average molecular weight is 368 g/mol. The van der Waals surface area contributed by atoms with Gasteiger partial charge in [-0.2, -0.15) is 5.26 Å². The van der Waals surface area contributed by atoms with Gasteiger partial charge >= 0.3 is 0 Å². The Labute approximate surface area is 169 Å². The summed E-state index contributed by atoms with van der Waals surface area (Å²) in [5, 5.41) is 8.88. The Morgan fingerprint density at radius 3 is 1.54 bits per heavy atom. The van der Waals surface area contributed by atoms with Gasteiger partial charge in [0.15, 0.2) is 0 Å². The summed E-state index contributed by atoms with van der Waals surface area (Å²) < 4.78 is 0. The molecule has 0 saturated heterocycles. The van der Waals surface area contributed by atoms with Crippen molar-refractivity contribution in [3.05, 3.63) is 95.1 Å². The van der Waals surface area contributed by atoms with Crippen molar-refractivity contribution >= 4 is 0 Å². The zero-order chi connectivity index (χ0) is 19.8. The summed E-state index contributed by atoms with van der Waals surface area (Å²) in [6, 6.07) is 28.0. The number of nitrogens with zero attached hydrogens (tertiary/aromatic N) is 1. The molecule has 0 fully saturated rings. The molecule has 1 atom stereocenters. The minimum Gasteiger partial charge on any atom is -0.192 e. The van der Waals surface area contributed by atoms with E-state index in [0.717, 1.165) is 24.3 Å². The highest BCUT2D eigenvalue weighted by atomic mass is 14.2. The van der Waals surface area contributed by atoms with E-state index >= 15 is 0 Å². The van der Waals surface area contributed by atoms with E-state index in [1.54, 1.807) is 0 Å². The van der Waals surface area contributed by atoms with Gasteiger partial charge in [0.1, 0.15) is 0 Å². The first-order chi connectivity index (χ1) is 13.7. The van der Waals surface area contributed by atoms with Crippen LogP contribution in [0.4, 0.5) is 0 Å². The van der Waals surface area contributed by atoms with Crippen LogP contribution in [0.15, 0.2) is 72.8 Å². The lowest BCUT2D eigenvalue weighted by Crippen LogP contribution is -1.95. The van der Waals surface area contributed by atoms with E-state index in [0.29, 0.717) is 0 Å². The lowest BCUT2D eigenvalue weighted by atomic mass is 9.96. The average Bonchev–Trinajstić information content (AvgIpc) is 2.77. The number of hydrogen-bond acceptors (Lipinski definition) is 1. The molecule has 0 aliphatic rings. The molecule has 0 unspecified atom stereocenters. The van der Waals surface area contributed by atoms with Crippen molar-refractivity contribution < 1.29 is 0 Å². The van der Waals surface area contributed by atoms with Crippen LogP contribution in [0, 0.1) is 17.2 Å². The van der Waals surface area contributed by atoms with E-state index in [1.165, 1.54) is 47.1 Å². The Morgan fingerprint density at radius 1 is 0.679 bits per heavy atom. The molecule has 0 aliphatic heterocycles. The summed E-state index contributed by atoms with van der Waals surface area (Å²) in [7, 11) is 0. The largest absolute Gasteiger partial charge is 0.192 e. The Bertz CT molecular complexity index is 896. The second kappa shape index (κ2) is 9.90. The van der Waals surface area contributed by atoms with Crippen LogP contribution in [-0.2, 0) is 19.3 Å². The first kappa shape index (κ1) is 19.9. The van der Waals surface area contributed by atoms with Crippen LogP contribution in [0.2, 0.25) is 0 Å². The fourth-order valence-electron chi connectivity index (χ4n) is 3.38. The van der Waals surface area contributed by atoms with E-state index in [2.05, 4.69) is 80.6 Å². The van der Waals surface area contributed by atoms with Crippen molar-refractivity contribution in [2.75, 3.05) is 0 Å². The maximum atomic E-state index is 8.88. The highest BCUT2D eigenvalue weighted by Crippen LogP contribution is 2.22. The second-order valence-corrected chi connectivity index (χ2v) is 7.75. The van der Waals surface area contributed by atoms with E-state index in [9.17, 15) is 0 Å². The first-order valence-corrected chi connectivity index (χ1v) is 10.3. The first-order valence-electron chi connectivity index (χ1n) is 10.3. The summed E-state index contributed by atoms with van der Waals surface area (Å²) in [5.41, 5.74) is 7.33. The van der Waals surface area contributed by atoms with Crippen molar-refractivity contribution in [3.8, 4) is 17.2 Å². The van der Waals surface area contributed by atoms with Gasteiger partial charge in [-0.1, -0.05) is 80.9 Å². The standard InChI is InChI=1S/C27H29N/c1-3-21(2)4-5-22-12-16-26(17-13-22)27-18-14-24(15-19-27)7-6-23-8-10-25(20-28)11-9-23/h8-19,21H,3-7H2,1-2H3/t21-/m1/s1. The Kier molecular flexibility index (Phi) is 7.04. The molecule has 3 aromatic rings. The molecule has 0 amide bonds. The molecule has 0 N–H and O–H groups in total. The lowest BCUT2D eigenvalue weighted by molar-refractivity contribution is 0.516. The lowest BCUT2D eigenvalue weighted by Gasteiger charge is -2.09. The topological polar surface area (TPSA) is 23.8 Å². The van der Waals surface area contributed by atoms with Crippen LogP contribution in [0.3, 0.4) is 0 Å². The molecule has 0 aromatic heterocycles. The predicted octanol–water partition coefficient (Wildman–Crippen LogP) is 6.99. The summed E-state index contributed by atoms with van der Waals surface area (Å²) >= 11 is 0. The van der Waals surface area contributed by atoms with Gasteiger partial charge < -0.3 is 0 Å². The number of benzene rings is 3. The number of aryl methyl sites for hydroxylation is 3. The molecular weight excluding hydrogens is 338 g/mol. The van der Waals surface area contributed by atoms with Crippen molar-refractivity contribution in [3.63, 3.8) is 0 Å². The monoisotopic (exact) mass is 367 g/mol. The molecule has 1 nitrogen and oxygen atoms in total. The Morgan fingerprint density at radius 2 is 1.11 bits per heavy atom. The zero-order valence-electron chi connectivity index (χ0n) is 17.0. The van der Waals surface area contributed by atoms with Crippen molar-refractivity contribution in [2.24, 2.45) is 5.92 Å². The van der Waals surface area contributed by atoms with Crippen molar-refractivity contribution in [2.45, 2.75) is 46.0 Å². The fourth-order valence-corrected chi connectivity index (χ4v) is 3.38. The summed E-state index contributed by atoms with van der Waals surface area (Å²) in [6.45, 7) is 4.60. The van der Waals surface area contributed by atoms with Gasteiger partial charge in [-0.3, -0.25) is 0 Å². The number of rotatable bonds is 8. The molecule has 3 aromatic carbocycles. The molecule has 28 heavy (non-hydrogen) atoms. The van der Waals surface area contributed by atoms with E-state index in [1.807, 2.05) is 12.1 Å². The van der Waals surface area contributed by atoms with Crippen molar-refractivity contribution in [1.29, 1.82) is 5.26 Å². The number of nitriles is 1. The van der Waals surface area contributed by atoms with Gasteiger partial charge in [-0.25, -0.2) is 0 Å². The molecular formula is C27H29N. The predicted molar refractivity (Wildman–Crippen MR) is 118 cm³/mol. The molecule has 0 heterocycles. The van der Waals surface area contributed by atoms with Crippen LogP contribution < -0.4 is 0 Å². The van der Waals surface area contributed by atoms with Gasteiger partial charge in [-0.15, -0.1) is 0 Å². The fraction of sp³-hybridized carbons (Fsp3) is 0.296. The Hall–Kier alpha value is -2.85. The van der Waals surface area contributed by atoms with Crippen molar-refractivity contribution in [1.82, 2.24) is 0 Å². The maximum absolute atomic E-state index is 8.88. The van der Waals surface area contributed by atoms with Crippen LogP contribution in [0.25, 0.3) is 11.1 Å². The second-order valence-electron chi connectivity index (χ2n) is 7.75. The third-order valence-corrected chi connectivity index (χ3v) is 5.65. The summed E-state index contributed by atoms with van der Waals surface area (Å²) in [5.74, 6) is 0.802. The highest BCUT2D eigenvalue weighted by molar-refractivity contribution is 5.64. The molecule has 1 heteroatoms.